The minimum atomic E-state index is -4.42. The maximum absolute atomic E-state index is 12.4. The number of alkyl halides is 3. The zero-order chi connectivity index (χ0) is 32.0. The van der Waals surface area contributed by atoms with E-state index in [-0.39, 0.29) is 30.8 Å². The molecule has 6 N–H and O–H groups in total. The SMILES string of the molecule is C[C@H](Cc1cc2c(c(C(N)=O)c1)N(CCCO)CC2)NCCOc1ccccc1OCC(F)(F)F.O=C(O)/C=C/C(=O)O. The fraction of sp³-hybridized carbons (Fsp3) is 0.414. The van der Waals surface area contributed by atoms with E-state index >= 15 is 0 Å². The number of carboxylic acids is 2. The van der Waals surface area contributed by atoms with Gasteiger partial charge in [-0.05, 0) is 55.5 Å². The average molecular weight is 612 g/mol. The number of carboxylic acid groups (broad SMARTS) is 2. The van der Waals surface area contributed by atoms with Crippen LogP contribution in [0.4, 0.5) is 18.9 Å². The number of aliphatic carboxylic acids is 2. The van der Waals surface area contributed by atoms with Crippen molar-refractivity contribution in [3.8, 4) is 11.5 Å². The molecule has 0 bridgehead atoms. The second-order valence-electron chi connectivity index (χ2n) is 9.60. The number of nitrogens with zero attached hydrogens (tertiary/aromatic N) is 1. The van der Waals surface area contributed by atoms with Gasteiger partial charge in [-0.2, -0.15) is 13.2 Å². The summed E-state index contributed by atoms with van der Waals surface area (Å²) in [5.41, 5.74) is 9.12. The number of hydrogen-bond donors (Lipinski definition) is 5. The van der Waals surface area contributed by atoms with Gasteiger partial charge in [0.2, 0.25) is 0 Å². The highest BCUT2D eigenvalue weighted by molar-refractivity contribution is 6.00. The van der Waals surface area contributed by atoms with E-state index < -0.39 is 30.6 Å². The molecule has 1 heterocycles. The third-order valence-corrected chi connectivity index (χ3v) is 6.07. The maximum Gasteiger partial charge on any atom is 0.422 e. The number of benzene rings is 2. The Labute approximate surface area is 246 Å². The quantitative estimate of drug-likeness (QED) is 0.149. The second kappa shape index (κ2) is 17.0. The van der Waals surface area contributed by atoms with Crippen molar-refractivity contribution in [1.29, 1.82) is 0 Å². The fourth-order valence-corrected chi connectivity index (χ4v) is 4.37. The first-order chi connectivity index (χ1) is 20.3. The van der Waals surface area contributed by atoms with Crippen molar-refractivity contribution >= 4 is 23.5 Å². The Bertz CT molecular complexity index is 1250. The van der Waals surface area contributed by atoms with Crippen LogP contribution in [0, 0.1) is 0 Å². The molecule has 236 valence electrons. The number of hydrogen-bond acceptors (Lipinski definition) is 8. The normalized spacial score (nSPS) is 13.2. The second-order valence-corrected chi connectivity index (χ2v) is 9.60. The number of ether oxygens (including phenoxy) is 2. The summed E-state index contributed by atoms with van der Waals surface area (Å²) in [4.78, 5) is 33.3. The monoisotopic (exact) mass is 611 g/mol. The van der Waals surface area contributed by atoms with Gasteiger partial charge in [-0.1, -0.05) is 18.2 Å². The van der Waals surface area contributed by atoms with Crippen molar-refractivity contribution in [3.05, 3.63) is 65.2 Å². The average Bonchev–Trinajstić information content (AvgIpc) is 3.34. The lowest BCUT2D eigenvalue weighted by Crippen LogP contribution is -2.32. The van der Waals surface area contributed by atoms with E-state index in [4.69, 9.17) is 30.5 Å². The summed E-state index contributed by atoms with van der Waals surface area (Å²) in [7, 11) is 0. The largest absolute Gasteiger partial charge is 0.488 e. The standard InChI is InChI=1S/C25H32F3N3O4.C4H4O4/c1-17(30-8-12-34-21-5-2-3-6-22(21)35-16-25(26,27)28)13-18-14-19-7-10-31(9-4-11-32)23(19)20(15-18)24(29)33;5-3(6)1-2-4(7)8/h2-3,5-6,14-15,17,30,32H,4,7-13,16H2,1H3,(H2,29,33);1-2H,(H,5,6)(H,7,8)/b;2-1+/t17-;/m1./s1. The molecule has 0 aliphatic carbocycles. The Morgan fingerprint density at radius 3 is 2.28 bits per heavy atom. The molecule has 2 aromatic carbocycles. The third kappa shape index (κ3) is 12.6. The smallest absolute Gasteiger partial charge is 0.422 e. The first-order valence-electron chi connectivity index (χ1n) is 13.4. The molecule has 0 unspecified atom stereocenters. The highest BCUT2D eigenvalue weighted by atomic mass is 19.4. The first-order valence-corrected chi connectivity index (χ1v) is 13.4. The summed E-state index contributed by atoms with van der Waals surface area (Å²) < 4.78 is 47.8. The van der Waals surface area contributed by atoms with Gasteiger partial charge in [-0.15, -0.1) is 0 Å². The van der Waals surface area contributed by atoms with Crippen LogP contribution in [0.2, 0.25) is 0 Å². The number of amides is 1. The van der Waals surface area contributed by atoms with Crippen molar-refractivity contribution in [2.45, 2.75) is 38.4 Å². The number of nitrogens with one attached hydrogen (secondary N) is 1. The van der Waals surface area contributed by atoms with Crippen LogP contribution in [0.5, 0.6) is 11.5 Å². The summed E-state index contributed by atoms with van der Waals surface area (Å²) in [6.07, 6.45) is -1.20. The topological polar surface area (TPSA) is 172 Å². The third-order valence-electron chi connectivity index (χ3n) is 6.07. The number of aliphatic hydroxyl groups excluding tert-OH is 1. The molecule has 3 rings (SSSR count). The molecule has 1 aliphatic heterocycles. The zero-order valence-electron chi connectivity index (χ0n) is 23.6. The van der Waals surface area contributed by atoms with Crippen LogP contribution < -0.4 is 25.4 Å². The van der Waals surface area contributed by atoms with Crippen LogP contribution in [-0.4, -0.2) is 84.8 Å². The highest BCUT2D eigenvalue weighted by Gasteiger charge is 2.29. The van der Waals surface area contributed by atoms with Crippen LogP contribution in [0.25, 0.3) is 0 Å². The predicted molar refractivity (Wildman–Crippen MR) is 152 cm³/mol. The van der Waals surface area contributed by atoms with E-state index in [1.807, 2.05) is 13.0 Å². The Morgan fingerprint density at radius 2 is 1.72 bits per heavy atom. The number of nitrogens with two attached hydrogens (primary N) is 1. The van der Waals surface area contributed by atoms with E-state index in [0.29, 0.717) is 43.6 Å². The Morgan fingerprint density at radius 1 is 1.09 bits per heavy atom. The molecule has 14 heteroatoms. The van der Waals surface area contributed by atoms with Crippen LogP contribution in [0.3, 0.4) is 0 Å². The maximum atomic E-state index is 12.4. The summed E-state index contributed by atoms with van der Waals surface area (Å²) in [6.45, 7) is 2.89. The van der Waals surface area contributed by atoms with Crippen molar-refractivity contribution < 1.29 is 52.3 Å². The lowest BCUT2D eigenvalue weighted by Gasteiger charge is -2.22. The van der Waals surface area contributed by atoms with E-state index in [0.717, 1.165) is 29.8 Å². The number of primary amides is 1. The summed E-state index contributed by atoms with van der Waals surface area (Å²) in [5, 5.41) is 28.1. The van der Waals surface area contributed by atoms with Crippen molar-refractivity contribution in [3.63, 3.8) is 0 Å². The van der Waals surface area contributed by atoms with Gasteiger partial charge >= 0.3 is 18.1 Å². The summed E-state index contributed by atoms with van der Waals surface area (Å²) >= 11 is 0. The van der Waals surface area contributed by atoms with Crippen LogP contribution in [-0.2, 0) is 22.4 Å². The highest BCUT2D eigenvalue weighted by Crippen LogP contribution is 2.33. The van der Waals surface area contributed by atoms with Crippen molar-refractivity contribution in [1.82, 2.24) is 5.32 Å². The molecule has 1 aliphatic rings. The first kappa shape index (κ1) is 34.9. The van der Waals surface area contributed by atoms with E-state index in [2.05, 4.69) is 16.3 Å². The number of carbonyl (C=O) groups is 3. The molecule has 43 heavy (non-hydrogen) atoms. The lowest BCUT2D eigenvalue weighted by molar-refractivity contribution is -0.153. The van der Waals surface area contributed by atoms with Crippen LogP contribution >= 0.6 is 0 Å². The molecule has 0 aromatic heterocycles. The Kier molecular flexibility index (Phi) is 13.8. The van der Waals surface area contributed by atoms with Gasteiger partial charge in [0.1, 0.15) is 6.61 Å². The molecule has 11 nitrogen and oxygen atoms in total. The van der Waals surface area contributed by atoms with Gasteiger partial charge in [0.15, 0.2) is 18.1 Å². The number of fused-ring (bicyclic) bond motifs is 1. The Balaban J connectivity index is 0.000000708. The fourth-order valence-electron chi connectivity index (χ4n) is 4.37. The number of rotatable bonds is 15. The molecule has 2 aromatic rings. The zero-order valence-corrected chi connectivity index (χ0v) is 23.6. The Hall–Kier alpha value is -4.30. The van der Waals surface area contributed by atoms with E-state index in [1.54, 1.807) is 18.2 Å². The molecular weight excluding hydrogens is 575 g/mol. The molecule has 0 saturated carbocycles. The predicted octanol–water partition coefficient (Wildman–Crippen LogP) is 2.78. The van der Waals surface area contributed by atoms with Gasteiger partial charge in [0.25, 0.3) is 5.91 Å². The summed E-state index contributed by atoms with van der Waals surface area (Å²) in [5.74, 6) is -2.69. The molecule has 0 radical (unpaired) electrons. The number of carbonyl (C=O) groups excluding carboxylic acids is 1. The van der Waals surface area contributed by atoms with Gasteiger partial charge in [0, 0.05) is 44.4 Å². The number of aliphatic hydroxyl groups is 1. The molecule has 1 atom stereocenters. The molecular formula is C29H36F3N3O8. The van der Waals surface area contributed by atoms with Gasteiger partial charge in [0.05, 0.1) is 11.3 Å². The lowest BCUT2D eigenvalue weighted by atomic mass is 9.98. The van der Waals surface area contributed by atoms with Crippen LogP contribution in [0.15, 0.2) is 48.6 Å². The van der Waals surface area contributed by atoms with Gasteiger partial charge in [-0.25, -0.2) is 9.59 Å². The van der Waals surface area contributed by atoms with Gasteiger partial charge in [-0.3, -0.25) is 4.79 Å². The van der Waals surface area contributed by atoms with Crippen molar-refractivity contribution in [2.24, 2.45) is 5.73 Å². The molecule has 0 spiro atoms. The van der Waals surface area contributed by atoms with E-state index in [9.17, 15) is 27.6 Å². The molecule has 0 saturated heterocycles. The number of anilines is 1. The van der Waals surface area contributed by atoms with Gasteiger partial charge < -0.3 is 40.7 Å². The van der Waals surface area contributed by atoms with E-state index in [1.165, 1.54) is 6.07 Å². The minimum Gasteiger partial charge on any atom is -0.488 e. The minimum absolute atomic E-state index is 0.0445. The van der Waals surface area contributed by atoms with Crippen molar-refractivity contribution in [2.75, 3.05) is 44.4 Å². The van der Waals surface area contributed by atoms with Crippen LogP contribution in [0.1, 0.15) is 34.8 Å². The number of halogens is 3. The molecule has 0 fully saturated rings. The molecule has 1 amide bonds. The number of para-hydroxylation sites is 2. The summed E-state index contributed by atoms with van der Waals surface area (Å²) in [6, 6.07) is 10.2.